The zero-order valence-electron chi connectivity index (χ0n) is 20.6. The Bertz CT molecular complexity index is 1350. The molecule has 0 radical (unpaired) electrons. The van der Waals surface area contributed by atoms with Crippen molar-refractivity contribution in [3.8, 4) is 11.5 Å². The fourth-order valence-electron chi connectivity index (χ4n) is 3.43. The molecule has 4 rings (SSSR count). The Hall–Kier alpha value is -3.56. The van der Waals surface area contributed by atoms with Gasteiger partial charge in [-0.3, -0.25) is 9.69 Å². The molecule has 0 atom stereocenters. The third-order valence-corrected chi connectivity index (χ3v) is 6.99. The van der Waals surface area contributed by atoms with E-state index in [1.165, 1.54) is 16.7 Å². The van der Waals surface area contributed by atoms with Crippen molar-refractivity contribution < 1.29 is 23.8 Å². The molecule has 37 heavy (non-hydrogen) atoms. The van der Waals surface area contributed by atoms with E-state index in [9.17, 15) is 9.59 Å². The molecule has 1 aliphatic heterocycles. The number of nitrogens with zero attached hydrogens (tertiary/aromatic N) is 2. The van der Waals surface area contributed by atoms with E-state index in [4.69, 9.17) is 14.2 Å². The molecule has 0 aromatic heterocycles. The maximum absolute atomic E-state index is 12.9. The van der Waals surface area contributed by atoms with Crippen molar-refractivity contribution in [2.24, 2.45) is 4.99 Å². The minimum atomic E-state index is -0.380. The minimum Gasteiger partial charge on any atom is -0.493 e. The van der Waals surface area contributed by atoms with E-state index < -0.39 is 0 Å². The summed E-state index contributed by atoms with van der Waals surface area (Å²) in [7, 11) is 3.27. The van der Waals surface area contributed by atoms with Crippen molar-refractivity contribution in [3.05, 3.63) is 92.8 Å². The number of aliphatic imine (C=N–C) groups is 1. The summed E-state index contributed by atoms with van der Waals surface area (Å²) in [5.41, 5.74) is 2.92. The number of amidine groups is 1. The fraction of sp³-hybridized carbons (Fsp3) is 0.179. The molecule has 190 valence electrons. The third kappa shape index (κ3) is 6.61. The average molecular weight is 581 g/mol. The maximum atomic E-state index is 12.9. The van der Waals surface area contributed by atoms with Gasteiger partial charge in [0.2, 0.25) is 0 Å². The molecule has 0 bridgehead atoms. The highest BCUT2D eigenvalue weighted by Gasteiger charge is 2.30. The van der Waals surface area contributed by atoms with Crippen LogP contribution < -0.4 is 9.47 Å². The number of carbonyl (C=O) groups is 2. The first kappa shape index (κ1) is 26.5. The lowest BCUT2D eigenvalue weighted by Gasteiger charge is -2.11. The summed E-state index contributed by atoms with van der Waals surface area (Å²) in [4.78, 5) is 31.3. The van der Waals surface area contributed by atoms with Gasteiger partial charge in [-0.2, -0.15) is 0 Å². The van der Waals surface area contributed by atoms with Gasteiger partial charge in [0.05, 0.1) is 29.9 Å². The van der Waals surface area contributed by atoms with E-state index in [0.717, 1.165) is 15.6 Å². The Labute approximate surface area is 228 Å². The zero-order valence-corrected chi connectivity index (χ0v) is 23.0. The number of benzene rings is 3. The van der Waals surface area contributed by atoms with E-state index in [2.05, 4.69) is 20.9 Å². The monoisotopic (exact) mass is 580 g/mol. The smallest absolute Gasteiger partial charge is 0.338 e. The summed E-state index contributed by atoms with van der Waals surface area (Å²) in [6.07, 6.45) is 1.80. The summed E-state index contributed by atoms with van der Waals surface area (Å²) >= 11 is 4.71. The van der Waals surface area contributed by atoms with Crippen LogP contribution in [0.2, 0.25) is 0 Å². The summed E-state index contributed by atoms with van der Waals surface area (Å²) in [6, 6.07) is 20.2. The topological polar surface area (TPSA) is 77.4 Å². The number of hydrogen-bond acceptors (Lipinski definition) is 7. The average Bonchev–Trinajstić information content (AvgIpc) is 3.16. The van der Waals surface area contributed by atoms with Crippen molar-refractivity contribution in [2.45, 2.75) is 13.5 Å². The molecule has 0 spiro atoms. The van der Waals surface area contributed by atoms with Gasteiger partial charge in [0.15, 0.2) is 16.7 Å². The molecule has 0 unspecified atom stereocenters. The number of thioether (sulfide) groups is 1. The Morgan fingerprint density at radius 2 is 1.78 bits per heavy atom. The van der Waals surface area contributed by atoms with Gasteiger partial charge in [0.1, 0.15) is 6.61 Å². The molecule has 9 heteroatoms. The van der Waals surface area contributed by atoms with Crippen LogP contribution in [-0.2, 0) is 16.1 Å². The molecule has 0 saturated carbocycles. The molecular weight excluding hydrogens is 556 g/mol. The lowest BCUT2D eigenvalue weighted by Crippen LogP contribution is -2.23. The summed E-state index contributed by atoms with van der Waals surface area (Å²) < 4.78 is 17.5. The quantitative estimate of drug-likeness (QED) is 0.225. The van der Waals surface area contributed by atoms with Crippen LogP contribution in [0.3, 0.4) is 0 Å². The molecule has 1 fully saturated rings. The van der Waals surface area contributed by atoms with Crippen LogP contribution in [0.5, 0.6) is 11.5 Å². The standard InChI is InChI=1S/C28H25BrN2O5S/c1-4-35-27(33)20-8-12-22(13-9-20)30-28-31(2)26(32)25(37-28)16-19-7-14-23(24(15-19)34-3)36-17-18-5-10-21(29)11-6-18/h5-16H,4,17H2,1-3H3/b25-16-,30-28?. The number of ether oxygens (including phenoxy) is 3. The first-order valence-corrected chi connectivity index (χ1v) is 13.1. The van der Waals surface area contributed by atoms with Crippen LogP contribution in [0, 0.1) is 0 Å². The van der Waals surface area contributed by atoms with E-state index in [0.29, 0.717) is 46.0 Å². The van der Waals surface area contributed by atoms with Gasteiger partial charge in [-0.15, -0.1) is 0 Å². The second-order valence-electron chi connectivity index (χ2n) is 7.96. The van der Waals surface area contributed by atoms with E-state index in [1.807, 2.05) is 42.5 Å². The second-order valence-corrected chi connectivity index (χ2v) is 9.89. The number of amides is 1. The van der Waals surface area contributed by atoms with Crippen LogP contribution in [-0.4, -0.2) is 42.7 Å². The van der Waals surface area contributed by atoms with E-state index >= 15 is 0 Å². The van der Waals surface area contributed by atoms with Gasteiger partial charge in [-0.1, -0.05) is 34.1 Å². The maximum Gasteiger partial charge on any atom is 0.338 e. The number of methoxy groups -OCH3 is 1. The Kier molecular flexibility index (Phi) is 8.68. The predicted molar refractivity (Wildman–Crippen MR) is 149 cm³/mol. The van der Waals surface area contributed by atoms with Crippen molar-refractivity contribution in [1.29, 1.82) is 0 Å². The zero-order chi connectivity index (χ0) is 26.4. The van der Waals surface area contributed by atoms with Crippen LogP contribution in [0.1, 0.15) is 28.4 Å². The second kappa shape index (κ2) is 12.1. The first-order valence-electron chi connectivity index (χ1n) is 11.5. The molecule has 0 aliphatic carbocycles. The number of esters is 1. The summed E-state index contributed by atoms with van der Waals surface area (Å²) in [5.74, 6) is 0.658. The van der Waals surface area contributed by atoms with Crippen LogP contribution in [0.15, 0.2) is 81.1 Å². The Morgan fingerprint density at radius 3 is 2.46 bits per heavy atom. The number of hydrogen-bond donors (Lipinski definition) is 0. The highest BCUT2D eigenvalue weighted by Crippen LogP contribution is 2.35. The number of carbonyl (C=O) groups excluding carboxylic acids is 2. The van der Waals surface area contributed by atoms with Gasteiger partial charge in [-0.25, -0.2) is 9.79 Å². The van der Waals surface area contributed by atoms with Crippen molar-refractivity contribution in [3.63, 3.8) is 0 Å². The highest BCUT2D eigenvalue weighted by molar-refractivity contribution is 9.10. The molecule has 1 amide bonds. The minimum absolute atomic E-state index is 0.151. The summed E-state index contributed by atoms with van der Waals surface area (Å²) in [6.45, 7) is 2.48. The van der Waals surface area contributed by atoms with Gasteiger partial charge in [0.25, 0.3) is 5.91 Å². The SMILES string of the molecule is CCOC(=O)c1ccc(N=C2S/C(=C\c3ccc(OCc4ccc(Br)cc4)c(OC)c3)C(=O)N2C)cc1. The number of rotatable bonds is 8. The molecule has 3 aromatic rings. The number of halogens is 1. The van der Waals surface area contributed by atoms with Crippen molar-refractivity contribution >= 4 is 56.5 Å². The van der Waals surface area contributed by atoms with Gasteiger partial charge < -0.3 is 14.2 Å². The predicted octanol–water partition coefficient (Wildman–Crippen LogP) is 6.45. The molecule has 1 aliphatic rings. The Morgan fingerprint density at radius 1 is 1.05 bits per heavy atom. The molecular formula is C28H25BrN2O5S. The normalized spacial score (nSPS) is 15.4. The van der Waals surface area contributed by atoms with E-state index in [-0.39, 0.29) is 11.9 Å². The summed E-state index contributed by atoms with van der Waals surface area (Å²) in [5, 5.41) is 0.543. The molecule has 1 saturated heterocycles. The van der Waals surface area contributed by atoms with Crippen molar-refractivity contribution in [2.75, 3.05) is 20.8 Å². The van der Waals surface area contributed by atoms with Gasteiger partial charge in [-0.05, 0) is 84.4 Å². The molecule has 0 N–H and O–H groups in total. The molecule has 7 nitrogen and oxygen atoms in total. The fourth-order valence-corrected chi connectivity index (χ4v) is 4.69. The lowest BCUT2D eigenvalue weighted by molar-refractivity contribution is -0.121. The number of likely N-dealkylation sites (N-methyl/N-ethyl adjacent to an activating group) is 1. The Balaban J connectivity index is 1.48. The van der Waals surface area contributed by atoms with Gasteiger partial charge >= 0.3 is 5.97 Å². The van der Waals surface area contributed by atoms with E-state index in [1.54, 1.807) is 51.4 Å². The third-order valence-electron chi connectivity index (χ3n) is 5.40. The molecule has 3 aromatic carbocycles. The van der Waals surface area contributed by atoms with Crippen LogP contribution >= 0.6 is 27.7 Å². The highest BCUT2D eigenvalue weighted by atomic mass is 79.9. The first-order chi connectivity index (χ1) is 17.9. The van der Waals surface area contributed by atoms with Crippen molar-refractivity contribution in [1.82, 2.24) is 4.90 Å². The van der Waals surface area contributed by atoms with Gasteiger partial charge in [0, 0.05) is 11.5 Å². The largest absolute Gasteiger partial charge is 0.493 e. The molecule has 1 heterocycles. The van der Waals surface area contributed by atoms with Crippen LogP contribution in [0.4, 0.5) is 5.69 Å². The lowest BCUT2D eigenvalue weighted by atomic mass is 10.2. The van der Waals surface area contributed by atoms with Crippen LogP contribution in [0.25, 0.3) is 6.08 Å².